The first-order valence-corrected chi connectivity index (χ1v) is 10.6. The Morgan fingerprint density at radius 3 is 2.64 bits per heavy atom. The van der Waals surface area contributed by atoms with E-state index in [1.165, 1.54) is 4.90 Å². The number of hydrogen-bond acceptors (Lipinski definition) is 4. The predicted molar refractivity (Wildman–Crippen MR) is 119 cm³/mol. The number of aromatic amines is 1. The highest BCUT2D eigenvalue weighted by molar-refractivity contribution is 7.99. The lowest BCUT2D eigenvalue weighted by Gasteiger charge is -2.32. The summed E-state index contributed by atoms with van der Waals surface area (Å²) in [6.45, 7) is 5.45. The normalized spacial score (nSPS) is 15.0. The molecule has 0 amide bonds. The van der Waals surface area contributed by atoms with Gasteiger partial charge in [-0.25, -0.2) is 0 Å². The number of hydrogen-bond donors (Lipinski definition) is 2. The lowest BCUT2D eigenvalue weighted by atomic mass is 9.71. The van der Waals surface area contributed by atoms with E-state index in [-0.39, 0.29) is 11.2 Å². The number of nitrogens with one attached hydrogen (secondary N) is 2. The van der Waals surface area contributed by atoms with Gasteiger partial charge in [-0.2, -0.15) is 0 Å². The Labute approximate surface area is 170 Å². The first kappa shape index (κ1) is 19.1. The van der Waals surface area contributed by atoms with Crippen LogP contribution in [-0.4, -0.2) is 49.1 Å². The lowest BCUT2D eigenvalue weighted by molar-refractivity contribution is 0.103. The van der Waals surface area contributed by atoms with Gasteiger partial charge in [-0.15, -0.1) is 11.8 Å². The van der Waals surface area contributed by atoms with E-state index in [2.05, 4.69) is 61.3 Å². The first-order valence-electron chi connectivity index (χ1n) is 9.63. The van der Waals surface area contributed by atoms with Crippen molar-refractivity contribution in [2.45, 2.75) is 24.2 Å². The highest BCUT2D eigenvalue weighted by atomic mass is 32.2. The van der Waals surface area contributed by atoms with E-state index in [4.69, 9.17) is 0 Å². The third kappa shape index (κ3) is 3.03. The Morgan fingerprint density at radius 1 is 1.14 bits per heavy atom. The second-order valence-electron chi connectivity index (χ2n) is 8.20. The topological polar surface area (TPSA) is 48.1 Å². The van der Waals surface area contributed by atoms with Crippen molar-refractivity contribution in [2.75, 3.05) is 38.8 Å². The molecule has 2 N–H and O–H groups in total. The number of ketones is 1. The quantitative estimate of drug-likeness (QED) is 0.615. The molecule has 1 aliphatic rings. The van der Waals surface area contributed by atoms with Gasteiger partial charge in [0.1, 0.15) is 0 Å². The van der Waals surface area contributed by atoms with E-state index in [0.29, 0.717) is 0 Å². The Hall–Kier alpha value is -2.24. The Kier molecular flexibility index (Phi) is 4.76. The maximum absolute atomic E-state index is 13.4. The van der Waals surface area contributed by atoms with E-state index >= 15 is 0 Å². The summed E-state index contributed by atoms with van der Waals surface area (Å²) >= 11 is 1.84. The number of anilines is 1. The highest BCUT2D eigenvalue weighted by Crippen LogP contribution is 2.44. The van der Waals surface area contributed by atoms with Crippen molar-refractivity contribution in [3.05, 3.63) is 58.8 Å². The smallest absolute Gasteiger partial charge is 0.195 e. The molecule has 4 rings (SSSR count). The minimum atomic E-state index is -0.254. The molecule has 28 heavy (non-hydrogen) atoms. The molecule has 0 saturated carbocycles. The van der Waals surface area contributed by atoms with E-state index in [1.807, 2.05) is 37.0 Å². The largest absolute Gasteiger partial charge is 0.388 e. The van der Waals surface area contributed by atoms with Crippen molar-refractivity contribution in [1.29, 1.82) is 0 Å². The molecule has 0 bridgehead atoms. The minimum absolute atomic E-state index is 0.123. The van der Waals surface area contributed by atoms with Crippen molar-refractivity contribution < 1.29 is 4.79 Å². The Balaban J connectivity index is 1.80. The molecule has 0 unspecified atom stereocenters. The lowest BCUT2D eigenvalue weighted by Crippen LogP contribution is -2.30. The molecular formula is C23H27N3OS. The van der Waals surface area contributed by atoms with E-state index in [0.717, 1.165) is 51.3 Å². The van der Waals surface area contributed by atoms with Gasteiger partial charge in [-0.1, -0.05) is 19.9 Å². The fraction of sp³-hybridized carbons (Fsp3) is 0.348. The molecule has 0 spiro atoms. The van der Waals surface area contributed by atoms with E-state index in [9.17, 15) is 4.79 Å². The molecule has 5 heteroatoms. The van der Waals surface area contributed by atoms with Crippen LogP contribution < -0.4 is 5.32 Å². The molecule has 1 aliphatic carbocycles. The molecule has 146 valence electrons. The summed E-state index contributed by atoms with van der Waals surface area (Å²) in [5.41, 5.74) is 5.57. The van der Waals surface area contributed by atoms with Crippen molar-refractivity contribution >= 4 is 34.1 Å². The monoisotopic (exact) mass is 393 g/mol. The predicted octanol–water partition coefficient (Wildman–Crippen LogP) is 4.73. The van der Waals surface area contributed by atoms with Crippen LogP contribution in [0.1, 0.15) is 41.0 Å². The van der Waals surface area contributed by atoms with Gasteiger partial charge in [0.2, 0.25) is 0 Å². The van der Waals surface area contributed by atoms with Gasteiger partial charge in [0.25, 0.3) is 0 Å². The molecule has 1 heterocycles. The molecule has 2 aromatic carbocycles. The third-order valence-corrected chi connectivity index (χ3v) is 6.63. The fourth-order valence-electron chi connectivity index (χ4n) is 4.00. The van der Waals surface area contributed by atoms with Crippen LogP contribution in [0.3, 0.4) is 0 Å². The summed E-state index contributed by atoms with van der Waals surface area (Å²) in [4.78, 5) is 20.4. The van der Waals surface area contributed by atoms with Crippen LogP contribution in [0, 0.1) is 0 Å². The third-order valence-electron chi connectivity index (χ3n) is 5.66. The second kappa shape index (κ2) is 6.98. The van der Waals surface area contributed by atoms with E-state index < -0.39 is 0 Å². The number of carbonyl (C=O) groups is 1. The zero-order chi connectivity index (χ0) is 20.1. The number of H-pyrrole nitrogens is 1. The van der Waals surface area contributed by atoms with Crippen LogP contribution in [0.25, 0.3) is 10.9 Å². The number of benzene rings is 2. The highest BCUT2D eigenvalue weighted by Gasteiger charge is 2.39. The summed E-state index contributed by atoms with van der Waals surface area (Å²) in [5, 5.41) is 4.17. The minimum Gasteiger partial charge on any atom is -0.388 e. The zero-order valence-electron chi connectivity index (χ0n) is 17.1. The summed E-state index contributed by atoms with van der Waals surface area (Å²) in [7, 11) is 6.09. The molecule has 0 atom stereocenters. The van der Waals surface area contributed by atoms with Gasteiger partial charge >= 0.3 is 0 Å². The van der Waals surface area contributed by atoms with Crippen LogP contribution in [0.15, 0.2) is 41.3 Å². The SMILES string of the molecule is CNc1ccc2c3c([nH]c2c1)C(C)(C)c1cc(SCCN(C)C)ccc1C3=O. The Morgan fingerprint density at radius 2 is 1.93 bits per heavy atom. The number of carbonyl (C=O) groups excluding carboxylic acids is 1. The number of rotatable bonds is 5. The van der Waals surface area contributed by atoms with Crippen LogP contribution >= 0.6 is 11.8 Å². The van der Waals surface area contributed by atoms with Gasteiger partial charge in [0, 0.05) is 57.5 Å². The molecular weight excluding hydrogens is 366 g/mol. The first-order chi connectivity index (χ1) is 13.3. The number of nitrogens with zero attached hydrogens (tertiary/aromatic N) is 1. The maximum Gasteiger partial charge on any atom is 0.195 e. The summed E-state index contributed by atoms with van der Waals surface area (Å²) < 4.78 is 0. The van der Waals surface area contributed by atoms with Crippen LogP contribution in [0.4, 0.5) is 5.69 Å². The molecule has 4 nitrogen and oxygen atoms in total. The van der Waals surface area contributed by atoms with Crippen LogP contribution in [0.2, 0.25) is 0 Å². The van der Waals surface area contributed by atoms with Crippen molar-refractivity contribution in [2.24, 2.45) is 0 Å². The summed E-state index contributed by atoms with van der Waals surface area (Å²) in [6, 6.07) is 12.5. The van der Waals surface area contributed by atoms with Gasteiger partial charge in [0.15, 0.2) is 5.78 Å². The molecule has 0 saturated heterocycles. The summed E-state index contributed by atoms with van der Waals surface area (Å²) in [6.07, 6.45) is 0. The van der Waals surface area contributed by atoms with Gasteiger partial charge in [0.05, 0.1) is 5.56 Å². The molecule has 0 fully saturated rings. The molecule has 3 aromatic rings. The Bertz CT molecular complexity index is 1070. The summed E-state index contributed by atoms with van der Waals surface area (Å²) in [5.74, 6) is 1.16. The van der Waals surface area contributed by atoms with Crippen molar-refractivity contribution in [3.8, 4) is 0 Å². The maximum atomic E-state index is 13.4. The standard InChI is InChI=1S/C23H27N3OS/c1-23(2)18-13-15(28-11-10-26(4)5)7-9-16(18)21(27)20-17-8-6-14(24-3)12-19(17)25-22(20)23/h6-9,12-13,24-25H,10-11H2,1-5H3. The number of thioether (sulfide) groups is 1. The fourth-order valence-corrected chi connectivity index (χ4v) is 5.06. The average molecular weight is 394 g/mol. The number of fused-ring (bicyclic) bond motifs is 4. The molecule has 0 aliphatic heterocycles. The number of aromatic nitrogens is 1. The molecule has 0 radical (unpaired) electrons. The molecule has 1 aromatic heterocycles. The van der Waals surface area contributed by atoms with Crippen molar-refractivity contribution in [1.82, 2.24) is 9.88 Å². The second-order valence-corrected chi connectivity index (χ2v) is 9.37. The van der Waals surface area contributed by atoms with Crippen molar-refractivity contribution in [3.63, 3.8) is 0 Å². The van der Waals surface area contributed by atoms with Gasteiger partial charge < -0.3 is 15.2 Å². The van der Waals surface area contributed by atoms with E-state index in [1.54, 1.807) is 0 Å². The zero-order valence-corrected chi connectivity index (χ0v) is 18.0. The van der Waals surface area contributed by atoms with Gasteiger partial charge in [-0.3, -0.25) is 4.79 Å². The van der Waals surface area contributed by atoms with Crippen LogP contribution in [0.5, 0.6) is 0 Å². The van der Waals surface area contributed by atoms with Gasteiger partial charge in [-0.05, 0) is 50.0 Å². The average Bonchev–Trinajstić information content (AvgIpc) is 3.06. The van der Waals surface area contributed by atoms with Crippen LogP contribution in [-0.2, 0) is 5.41 Å².